The Hall–Kier alpha value is -4.37. The first kappa shape index (κ1) is 25.3. The number of halogens is 1. The molecule has 3 amide bonds. The number of hydrogen-bond donors (Lipinski definition) is 3. The van der Waals surface area contributed by atoms with E-state index in [4.69, 9.17) is 21.1 Å². The van der Waals surface area contributed by atoms with Crippen LogP contribution in [0.2, 0.25) is 5.02 Å². The van der Waals surface area contributed by atoms with Crippen LogP contribution in [-0.4, -0.2) is 37.7 Å². The summed E-state index contributed by atoms with van der Waals surface area (Å²) in [5, 5.41) is 9.40. The van der Waals surface area contributed by atoms with Crippen molar-refractivity contribution in [2.24, 2.45) is 5.10 Å². The van der Waals surface area contributed by atoms with Gasteiger partial charge in [-0.15, -0.1) is 0 Å². The average Bonchev–Trinajstić information content (AvgIpc) is 2.88. The van der Waals surface area contributed by atoms with E-state index < -0.39 is 11.8 Å². The standard InChI is InChI=1S/C25H23ClN4O5/c1-34-19-10-6-17(7-11-19)14-27-24(32)25(33)30-28-15-18-8-12-20(13-9-18)35-16-23(31)29-22-5-3-2-4-21(22)26/h2-13,15H,14,16H2,1H3,(H,27,32)(H,29,31)(H,30,33)/b28-15-. The monoisotopic (exact) mass is 494 g/mol. The summed E-state index contributed by atoms with van der Waals surface area (Å²) in [6, 6.07) is 20.6. The SMILES string of the molecule is COc1ccc(CNC(=O)C(=O)N/N=C\c2ccc(OCC(=O)Nc3ccccc3Cl)cc2)cc1. The van der Waals surface area contributed by atoms with Crippen LogP contribution in [0.25, 0.3) is 0 Å². The molecule has 3 aromatic carbocycles. The molecule has 3 aromatic rings. The second-order valence-corrected chi connectivity index (χ2v) is 7.52. The molecule has 10 heteroatoms. The van der Waals surface area contributed by atoms with Crippen LogP contribution < -0.4 is 25.5 Å². The topological polar surface area (TPSA) is 118 Å². The highest BCUT2D eigenvalue weighted by molar-refractivity contribution is 6.35. The first-order valence-electron chi connectivity index (χ1n) is 10.5. The fraction of sp³-hybridized carbons (Fsp3) is 0.120. The van der Waals surface area contributed by atoms with Crippen molar-refractivity contribution in [3.05, 3.63) is 88.9 Å². The second kappa shape index (κ2) is 12.8. The van der Waals surface area contributed by atoms with Crippen LogP contribution in [0.5, 0.6) is 11.5 Å². The molecule has 0 aliphatic carbocycles. The Labute approximate surface area is 207 Å². The molecular weight excluding hydrogens is 472 g/mol. The molecule has 35 heavy (non-hydrogen) atoms. The summed E-state index contributed by atoms with van der Waals surface area (Å²) in [5.74, 6) is -0.878. The molecule has 0 spiro atoms. The molecule has 0 bridgehead atoms. The third kappa shape index (κ3) is 8.17. The Morgan fingerprint density at radius 1 is 0.914 bits per heavy atom. The van der Waals surface area contributed by atoms with Gasteiger partial charge in [-0.25, -0.2) is 5.43 Å². The first-order valence-corrected chi connectivity index (χ1v) is 10.8. The van der Waals surface area contributed by atoms with Crippen LogP contribution in [0.4, 0.5) is 5.69 Å². The summed E-state index contributed by atoms with van der Waals surface area (Å²) in [5.41, 5.74) is 4.15. The van der Waals surface area contributed by atoms with Crippen LogP contribution in [0, 0.1) is 0 Å². The van der Waals surface area contributed by atoms with Crippen molar-refractivity contribution in [2.75, 3.05) is 19.0 Å². The number of amides is 3. The van der Waals surface area contributed by atoms with E-state index in [9.17, 15) is 14.4 Å². The summed E-state index contributed by atoms with van der Waals surface area (Å²) >= 11 is 6.01. The van der Waals surface area contributed by atoms with Crippen molar-refractivity contribution in [1.29, 1.82) is 0 Å². The number of nitrogens with one attached hydrogen (secondary N) is 3. The van der Waals surface area contributed by atoms with E-state index in [-0.39, 0.29) is 19.1 Å². The number of ether oxygens (including phenoxy) is 2. The Balaban J connectivity index is 1.39. The van der Waals surface area contributed by atoms with Gasteiger partial charge in [0, 0.05) is 6.54 Å². The lowest BCUT2D eigenvalue weighted by Gasteiger charge is -2.08. The van der Waals surface area contributed by atoms with Crippen molar-refractivity contribution in [3.8, 4) is 11.5 Å². The summed E-state index contributed by atoms with van der Waals surface area (Å²) in [7, 11) is 1.56. The Morgan fingerprint density at radius 2 is 1.60 bits per heavy atom. The molecule has 0 saturated carbocycles. The minimum Gasteiger partial charge on any atom is -0.497 e. The van der Waals surface area contributed by atoms with E-state index in [2.05, 4.69) is 21.2 Å². The van der Waals surface area contributed by atoms with Gasteiger partial charge >= 0.3 is 11.8 Å². The number of methoxy groups -OCH3 is 1. The van der Waals surface area contributed by atoms with Gasteiger partial charge in [0.1, 0.15) is 11.5 Å². The van der Waals surface area contributed by atoms with Gasteiger partial charge in [0.15, 0.2) is 6.61 Å². The smallest absolute Gasteiger partial charge is 0.329 e. The number of hydrazone groups is 1. The third-order valence-electron chi connectivity index (χ3n) is 4.60. The molecule has 3 N–H and O–H groups in total. The van der Waals surface area contributed by atoms with E-state index >= 15 is 0 Å². The largest absolute Gasteiger partial charge is 0.497 e. The van der Waals surface area contributed by atoms with E-state index in [0.717, 1.165) is 5.56 Å². The zero-order valence-corrected chi connectivity index (χ0v) is 19.5. The number of carbonyl (C=O) groups is 3. The predicted molar refractivity (Wildman–Crippen MR) is 133 cm³/mol. The van der Waals surface area contributed by atoms with Gasteiger partial charge in [0.25, 0.3) is 5.91 Å². The highest BCUT2D eigenvalue weighted by atomic mass is 35.5. The molecule has 180 valence electrons. The van der Waals surface area contributed by atoms with Gasteiger partial charge < -0.3 is 20.1 Å². The third-order valence-corrected chi connectivity index (χ3v) is 4.93. The van der Waals surface area contributed by atoms with Crippen LogP contribution in [0.15, 0.2) is 77.9 Å². The van der Waals surface area contributed by atoms with E-state index in [0.29, 0.717) is 27.8 Å². The molecular formula is C25H23ClN4O5. The van der Waals surface area contributed by atoms with Gasteiger partial charge in [0.2, 0.25) is 0 Å². The van der Waals surface area contributed by atoms with Crippen molar-refractivity contribution >= 4 is 41.2 Å². The maximum absolute atomic E-state index is 12.0. The quantitative estimate of drug-likeness (QED) is 0.240. The fourth-order valence-electron chi connectivity index (χ4n) is 2.77. The van der Waals surface area contributed by atoms with Crippen molar-refractivity contribution in [2.45, 2.75) is 6.54 Å². The Kier molecular flexibility index (Phi) is 9.21. The van der Waals surface area contributed by atoms with E-state index in [1.807, 2.05) is 0 Å². The molecule has 3 rings (SSSR count). The van der Waals surface area contributed by atoms with E-state index in [1.54, 1.807) is 79.9 Å². The lowest BCUT2D eigenvalue weighted by molar-refractivity contribution is -0.139. The lowest BCUT2D eigenvalue weighted by atomic mass is 10.2. The minimum atomic E-state index is -0.890. The van der Waals surface area contributed by atoms with Crippen LogP contribution in [0.1, 0.15) is 11.1 Å². The number of carbonyl (C=O) groups excluding carboxylic acids is 3. The predicted octanol–water partition coefficient (Wildman–Crippen LogP) is 3.13. The number of para-hydroxylation sites is 1. The van der Waals surface area contributed by atoms with Crippen molar-refractivity contribution in [1.82, 2.24) is 10.7 Å². The lowest BCUT2D eigenvalue weighted by Crippen LogP contribution is -2.37. The fourth-order valence-corrected chi connectivity index (χ4v) is 2.95. The molecule has 0 aliphatic rings. The molecule has 9 nitrogen and oxygen atoms in total. The summed E-state index contributed by atoms with van der Waals surface area (Å²) in [6.45, 7) is -0.00180. The summed E-state index contributed by atoms with van der Waals surface area (Å²) < 4.78 is 10.5. The number of benzene rings is 3. The number of nitrogens with zero attached hydrogens (tertiary/aromatic N) is 1. The van der Waals surface area contributed by atoms with Gasteiger partial charge in [0.05, 0.1) is 24.0 Å². The van der Waals surface area contributed by atoms with Crippen LogP contribution in [0.3, 0.4) is 0 Å². The number of anilines is 1. The van der Waals surface area contributed by atoms with Gasteiger partial charge in [-0.1, -0.05) is 35.9 Å². The average molecular weight is 495 g/mol. The number of hydrogen-bond acceptors (Lipinski definition) is 6. The van der Waals surface area contributed by atoms with Crippen molar-refractivity contribution in [3.63, 3.8) is 0 Å². The number of rotatable bonds is 9. The van der Waals surface area contributed by atoms with Gasteiger partial charge in [-0.05, 0) is 59.7 Å². The van der Waals surface area contributed by atoms with E-state index in [1.165, 1.54) is 6.21 Å². The highest BCUT2D eigenvalue weighted by Crippen LogP contribution is 2.20. The molecule has 0 heterocycles. The molecule has 0 fully saturated rings. The first-order chi connectivity index (χ1) is 16.9. The van der Waals surface area contributed by atoms with Crippen LogP contribution >= 0.6 is 11.6 Å². The molecule has 0 unspecified atom stereocenters. The van der Waals surface area contributed by atoms with Gasteiger partial charge in [-0.3, -0.25) is 14.4 Å². The molecule has 0 aliphatic heterocycles. The normalized spacial score (nSPS) is 10.5. The maximum Gasteiger partial charge on any atom is 0.329 e. The molecule has 0 atom stereocenters. The maximum atomic E-state index is 12.0. The Morgan fingerprint density at radius 3 is 2.29 bits per heavy atom. The molecule has 0 saturated heterocycles. The molecule has 0 aromatic heterocycles. The zero-order chi connectivity index (χ0) is 25.0. The zero-order valence-electron chi connectivity index (χ0n) is 18.8. The summed E-state index contributed by atoms with van der Waals surface area (Å²) in [4.78, 5) is 35.8. The Bertz CT molecular complexity index is 1200. The highest BCUT2D eigenvalue weighted by Gasteiger charge is 2.12. The summed E-state index contributed by atoms with van der Waals surface area (Å²) in [6.07, 6.45) is 1.38. The second-order valence-electron chi connectivity index (χ2n) is 7.12. The molecule has 0 radical (unpaired) electrons. The van der Waals surface area contributed by atoms with Crippen molar-refractivity contribution < 1.29 is 23.9 Å². The van der Waals surface area contributed by atoms with Crippen LogP contribution in [-0.2, 0) is 20.9 Å². The van der Waals surface area contributed by atoms with Gasteiger partial charge in [-0.2, -0.15) is 5.10 Å². The minimum absolute atomic E-state index is 0.192.